The molecule has 0 fully saturated rings. The van der Waals surface area contributed by atoms with E-state index in [1.165, 1.54) is 19.3 Å². The van der Waals surface area contributed by atoms with Crippen LogP contribution in [0.25, 0.3) is 0 Å². The Labute approximate surface area is 296 Å². The number of Topliss-reactive ketones (excluding diaryl/α,β-unsaturated/α-hetero) is 2. The summed E-state index contributed by atoms with van der Waals surface area (Å²) in [7, 11) is 0. The number of amides is 2. The summed E-state index contributed by atoms with van der Waals surface area (Å²) in [5, 5.41) is 24.2. The zero-order chi connectivity index (χ0) is 37.1. The number of nitrogens with one attached hydrogen (secondary N) is 2. The molecule has 0 bridgehead atoms. The fourth-order valence-electron chi connectivity index (χ4n) is 5.32. The molecule has 13 nitrogen and oxygen atoms in total. The predicted molar refractivity (Wildman–Crippen MR) is 190 cm³/mol. The number of carbonyl (C=O) groups excluding carboxylic acids is 5. The summed E-state index contributed by atoms with van der Waals surface area (Å²) in [6.07, 6.45) is 10.0. The van der Waals surface area contributed by atoms with Gasteiger partial charge in [-0.2, -0.15) is 0 Å². The van der Waals surface area contributed by atoms with Crippen LogP contribution in [-0.4, -0.2) is 83.4 Å². The lowest BCUT2D eigenvalue weighted by Crippen LogP contribution is -2.50. The van der Waals surface area contributed by atoms with Crippen molar-refractivity contribution in [3.63, 3.8) is 0 Å². The molecule has 8 N–H and O–H groups in total. The van der Waals surface area contributed by atoms with Crippen molar-refractivity contribution in [3.05, 3.63) is 35.9 Å². The third-order valence-electron chi connectivity index (χ3n) is 8.57. The first-order valence-corrected chi connectivity index (χ1v) is 18.1. The summed E-state index contributed by atoms with van der Waals surface area (Å²) < 4.78 is 5.14. The number of rotatable bonds is 30. The molecule has 1 rings (SSSR count). The number of unbranched alkanes of at least 4 members (excludes halogenated alkanes) is 8. The molecule has 2 amide bonds. The Balaban J connectivity index is 2.30. The van der Waals surface area contributed by atoms with E-state index in [2.05, 4.69) is 17.6 Å². The van der Waals surface area contributed by atoms with E-state index in [1.807, 2.05) is 30.3 Å². The van der Waals surface area contributed by atoms with Crippen molar-refractivity contribution in [1.82, 2.24) is 10.6 Å². The number of carboxylic acid groups (broad SMARTS) is 1. The van der Waals surface area contributed by atoms with Crippen LogP contribution >= 0.6 is 0 Å². The van der Waals surface area contributed by atoms with Gasteiger partial charge in [-0.3, -0.25) is 28.8 Å². The van der Waals surface area contributed by atoms with Gasteiger partial charge in [0.15, 0.2) is 11.6 Å². The lowest BCUT2D eigenvalue weighted by Gasteiger charge is -2.20. The minimum atomic E-state index is -1.12. The summed E-state index contributed by atoms with van der Waals surface area (Å²) >= 11 is 0. The molecule has 0 aliphatic rings. The van der Waals surface area contributed by atoms with Gasteiger partial charge < -0.3 is 37.1 Å². The largest absolute Gasteiger partial charge is 0.481 e. The number of carbonyl (C=O) groups is 6. The molecule has 13 heteroatoms. The molecule has 0 saturated carbocycles. The van der Waals surface area contributed by atoms with Crippen LogP contribution in [0, 0.1) is 5.92 Å². The van der Waals surface area contributed by atoms with Gasteiger partial charge in [-0.25, -0.2) is 0 Å². The maximum Gasteiger partial charge on any atom is 0.306 e. The number of nitrogens with two attached hydrogens (primary N) is 2. The summed E-state index contributed by atoms with van der Waals surface area (Å²) in [5.74, 6) is -3.88. The zero-order valence-corrected chi connectivity index (χ0v) is 29.7. The van der Waals surface area contributed by atoms with Crippen LogP contribution in [0.2, 0.25) is 0 Å². The lowest BCUT2D eigenvalue weighted by atomic mass is 9.95. The number of hydrogen-bond acceptors (Lipinski definition) is 10. The third-order valence-corrected chi connectivity index (χ3v) is 8.57. The van der Waals surface area contributed by atoms with Crippen LogP contribution in [0.1, 0.15) is 115 Å². The van der Waals surface area contributed by atoms with Gasteiger partial charge in [-0.05, 0) is 44.1 Å². The third kappa shape index (κ3) is 20.7. The van der Waals surface area contributed by atoms with Crippen molar-refractivity contribution in [2.45, 2.75) is 134 Å². The average molecular weight is 705 g/mol. The maximum absolute atomic E-state index is 12.9. The van der Waals surface area contributed by atoms with E-state index in [9.17, 15) is 39.0 Å². The van der Waals surface area contributed by atoms with Crippen molar-refractivity contribution in [2.75, 3.05) is 19.8 Å². The minimum absolute atomic E-state index is 0.0206. The molecule has 0 aliphatic carbocycles. The molecular weight excluding hydrogens is 644 g/mol. The first kappa shape index (κ1) is 44.3. The fourth-order valence-corrected chi connectivity index (χ4v) is 5.32. The van der Waals surface area contributed by atoms with Crippen molar-refractivity contribution in [2.24, 2.45) is 17.4 Å². The Morgan fingerprint density at radius 2 is 1.38 bits per heavy atom. The van der Waals surface area contributed by atoms with Crippen molar-refractivity contribution >= 4 is 35.3 Å². The molecule has 1 aromatic carbocycles. The molecule has 50 heavy (non-hydrogen) atoms. The Morgan fingerprint density at radius 1 is 0.760 bits per heavy atom. The smallest absolute Gasteiger partial charge is 0.306 e. The molecule has 0 heterocycles. The molecule has 0 spiro atoms. The van der Waals surface area contributed by atoms with Crippen LogP contribution in [-0.2, 0) is 39.9 Å². The zero-order valence-electron chi connectivity index (χ0n) is 29.7. The Bertz CT molecular complexity index is 1160. The molecule has 0 aliphatic heterocycles. The van der Waals surface area contributed by atoms with E-state index in [-0.39, 0.29) is 56.8 Å². The second kappa shape index (κ2) is 27.1. The topological polar surface area (TPSA) is 228 Å². The summed E-state index contributed by atoms with van der Waals surface area (Å²) in [6, 6.07) is 6.31. The van der Waals surface area contributed by atoms with Gasteiger partial charge in [0.25, 0.3) is 0 Å². The molecule has 0 aromatic heterocycles. The number of carboxylic acids is 1. The van der Waals surface area contributed by atoms with Crippen molar-refractivity contribution < 1.29 is 43.7 Å². The number of aliphatic hydroxyl groups excluding tert-OH is 1. The SMILES string of the molecule is CCCCCCCCCC(=O)OCC(N)C(=O)CCC(CCC(=O)NCCCCCC(=O)C(Cc1ccccc1)NC(=O)C(N)CO)C(=O)O. The molecule has 0 radical (unpaired) electrons. The second-order valence-corrected chi connectivity index (χ2v) is 12.9. The number of aliphatic hydroxyl groups is 1. The Kier molecular flexibility index (Phi) is 24.0. The van der Waals surface area contributed by atoms with Crippen molar-refractivity contribution in [1.29, 1.82) is 0 Å². The number of ether oxygens (including phenoxy) is 1. The van der Waals surface area contributed by atoms with Crippen LogP contribution in [0.3, 0.4) is 0 Å². The Morgan fingerprint density at radius 3 is 2.04 bits per heavy atom. The number of hydrogen-bond donors (Lipinski definition) is 6. The lowest BCUT2D eigenvalue weighted by molar-refractivity contribution is -0.145. The predicted octanol–water partition coefficient (Wildman–Crippen LogP) is 3.12. The number of benzene rings is 1. The maximum atomic E-state index is 12.9. The highest BCUT2D eigenvalue weighted by Crippen LogP contribution is 2.16. The van der Waals surface area contributed by atoms with Gasteiger partial charge in [0.1, 0.15) is 12.6 Å². The van der Waals surface area contributed by atoms with E-state index in [1.54, 1.807) is 0 Å². The first-order valence-electron chi connectivity index (χ1n) is 18.1. The summed E-state index contributed by atoms with van der Waals surface area (Å²) in [5.41, 5.74) is 12.4. The highest BCUT2D eigenvalue weighted by atomic mass is 16.5. The fraction of sp³-hybridized carbons (Fsp3) is 0.676. The van der Waals surface area contributed by atoms with Crippen LogP contribution in [0.5, 0.6) is 0 Å². The quantitative estimate of drug-likeness (QED) is 0.0504. The van der Waals surface area contributed by atoms with E-state index in [0.717, 1.165) is 31.2 Å². The highest BCUT2D eigenvalue weighted by Gasteiger charge is 2.24. The minimum Gasteiger partial charge on any atom is -0.481 e. The van der Waals surface area contributed by atoms with Crippen LogP contribution < -0.4 is 22.1 Å². The number of aliphatic carboxylic acids is 1. The van der Waals surface area contributed by atoms with Crippen molar-refractivity contribution in [3.8, 4) is 0 Å². The molecule has 282 valence electrons. The van der Waals surface area contributed by atoms with Gasteiger partial charge in [0, 0.05) is 32.2 Å². The van der Waals surface area contributed by atoms with E-state index >= 15 is 0 Å². The standard InChI is InChI=1S/C37H60N4O9/c1-2-3-4-5-6-7-13-18-35(46)50-26-30(39)32(43)21-19-28(37(48)49)20-22-34(45)40-23-14-9-12-17-33(44)31(41-36(47)29(38)25-42)24-27-15-10-8-11-16-27/h8,10-11,15-16,28-31,42H,2-7,9,12-14,17-26,38-39H2,1H3,(H,40,45)(H,41,47)(H,48,49). The van der Waals surface area contributed by atoms with Gasteiger partial charge in [-0.15, -0.1) is 0 Å². The summed E-state index contributed by atoms with van der Waals surface area (Å²) in [4.78, 5) is 73.6. The van der Waals surface area contributed by atoms with Gasteiger partial charge in [0.2, 0.25) is 11.8 Å². The Hall–Kier alpha value is -3.68. The monoisotopic (exact) mass is 704 g/mol. The van der Waals surface area contributed by atoms with E-state index in [0.29, 0.717) is 32.2 Å². The van der Waals surface area contributed by atoms with Gasteiger partial charge >= 0.3 is 11.9 Å². The van der Waals surface area contributed by atoms with E-state index < -0.39 is 54.3 Å². The van der Waals surface area contributed by atoms with Crippen LogP contribution in [0.15, 0.2) is 30.3 Å². The molecule has 4 unspecified atom stereocenters. The molecular formula is C37H60N4O9. The second-order valence-electron chi connectivity index (χ2n) is 12.9. The highest BCUT2D eigenvalue weighted by molar-refractivity contribution is 5.91. The summed E-state index contributed by atoms with van der Waals surface area (Å²) in [6.45, 7) is 1.74. The van der Waals surface area contributed by atoms with Gasteiger partial charge in [-0.1, -0.05) is 82.2 Å². The first-order chi connectivity index (χ1) is 24.0. The molecule has 1 aromatic rings. The number of esters is 1. The normalized spacial score (nSPS) is 13.4. The van der Waals surface area contributed by atoms with Gasteiger partial charge in [0.05, 0.1) is 24.6 Å². The number of ketones is 2. The average Bonchev–Trinajstić information content (AvgIpc) is 3.10. The molecule has 0 saturated heterocycles. The van der Waals surface area contributed by atoms with Crippen LogP contribution in [0.4, 0.5) is 0 Å². The molecule has 4 atom stereocenters. The van der Waals surface area contributed by atoms with E-state index in [4.69, 9.17) is 16.2 Å².